The summed E-state index contributed by atoms with van der Waals surface area (Å²) in [5, 5.41) is 17.4. The van der Waals surface area contributed by atoms with Crippen LogP contribution in [0.5, 0.6) is 0 Å². The van der Waals surface area contributed by atoms with Gasteiger partial charge in [-0.05, 0) is 12.5 Å². The first-order valence-corrected chi connectivity index (χ1v) is 4.70. The van der Waals surface area contributed by atoms with Crippen molar-refractivity contribution >= 4 is 11.9 Å². The summed E-state index contributed by atoms with van der Waals surface area (Å²) in [5.41, 5.74) is 1.19. The van der Waals surface area contributed by atoms with E-state index in [-0.39, 0.29) is 12.8 Å². The first-order chi connectivity index (χ1) is 7.50. The fourth-order valence-electron chi connectivity index (χ4n) is 1.52. The molecule has 0 saturated heterocycles. The second-order valence-corrected chi connectivity index (χ2v) is 3.46. The first-order valence-electron chi connectivity index (χ1n) is 4.70. The van der Waals surface area contributed by atoms with Crippen molar-refractivity contribution in [2.45, 2.75) is 25.7 Å². The van der Waals surface area contributed by atoms with Gasteiger partial charge >= 0.3 is 11.9 Å². The predicted molar refractivity (Wildman–Crippen MR) is 54.0 cm³/mol. The van der Waals surface area contributed by atoms with Gasteiger partial charge in [-0.2, -0.15) is 0 Å². The molecule has 0 atom stereocenters. The molecule has 6 heteroatoms. The van der Waals surface area contributed by atoms with Crippen LogP contribution in [-0.4, -0.2) is 32.1 Å². The minimum Gasteiger partial charge on any atom is -0.481 e. The third-order valence-corrected chi connectivity index (χ3v) is 2.23. The number of nitrogens with zero attached hydrogens (tertiary/aromatic N) is 2. The third kappa shape index (κ3) is 3.30. The van der Waals surface area contributed by atoms with Gasteiger partial charge in [0.15, 0.2) is 0 Å². The zero-order chi connectivity index (χ0) is 12.1. The molecule has 0 aliphatic heterocycles. The van der Waals surface area contributed by atoms with E-state index in [1.165, 1.54) is 12.5 Å². The van der Waals surface area contributed by atoms with Gasteiger partial charge in [-0.15, -0.1) is 0 Å². The van der Waals surface area contributed by atoms with Crippen LogP contribution in [0.4, 0.5) is 0 Å². The molecule has 0 saturated carbocycles. The van der Waals surface area contributed by atoms with Crippen LogP contribution in [0.2, 0.25) is 0 Å². The highest BCUT2D eigenvalue weighted by Crippen LogP contribution is 2.24. The lowest BCUT2D eigenvalue weighted by atomic mass is 9.93. The van der Waals surface area contributed by atoms with Crippen molar-refractivity contribution in [1.29, 1.82) is 0 Å². The standard InChI is InChI=1S/C10H12N2O4/c1-6-8(4-11-5-12-6)7(2-9(13)14)3-10(15)16/h4-5,7H,2-3H2,1H3,(H,13,14)(H,15,16). The highest BCUT2D eigenvalue weighted by molar-refractivity contribution is 5.72. The second-order valence-electron chi connectivity index (χ2n) is 3.46. The largest absolute Gasteiger partial charge is 0.481 e. The Kier molecular flexibility index (Phi) is 3.93. The molecule has 0 aliphatic carbocycles. The summed E-state index contributed by atoms with van der Waals surface area (Å²) in [6, 6.07) is 0. The maximum atomic E-state index is 10.6. The number of carboxylic acids is 2. The van der Waals surface area contributed by atoms with Crippen molar-refractivity contribution in [3.05, 3.63) is 23.8 Å². The lowest BCUT2D eigenvalue weighted by Gasteiger charge is -2.13. The van der Waals surface area contributed by atoms with Gasteiger partial charge in [0, 0.05) is 17.8 Å². The number of carboxylic acid groups (broad SMARTS) is 2. The smallest absolute Gasteiger partial charge is 0.303 e. The van der Waals surface area contributed by atoms with E-state index in [9.17, 15) is 9.59 Å². The van der Waals surface area contributed by atoms with E-state index in [0.717, 1.165) is 0 Å². The molecule has 0 spiro atoms. The minimum absolute atomic E-state index is 0.236. The van der Waals surface area contributed by atoms with Crippen LogP contribution in [0.1, 0.15) is 30.0 Å². The van der Waals surface area contributed by atoms with Gasteiger partial charge in [0.05, 0.1) is 12.8 Å². The van der Waals surface area contributed by atoms with Crippen LogP contribution in [-0.2, 0) is 9.59 Å². The lowest BCUT2D eigenvalue weighted by molar-refractivity contribution is -0.139. The quantitative estimate of drug-likeness (QED) is 0.767. The first kappa shape index (κ1) is 12.1. The Hall–Kier alpha value is -1.98. The molecule has 0 aromatic carbocycles. The summed E-state index contributed by atoms with van der Waals surface area (Å²) in [5.74, 6) is -2.65. The number of aromatic nitrogens is 2. The van der Waals surface area contributed by atoms with Crippen molar-refractivity contribution < 1.29 is 19.8 Å². The number of hydrogen-bond acceptors (Lipinski definition) is 4. The van der Waals surface area contributed by atoms with Gasteiger partial charge in [0.25, 0.3) is 0 Å². The fourth-order valence-corrected chi connectivity index (χ4v) is 1.52. The zero-order valence-corrected chi connectivity index (χ0v) is 8.75. The average molecular weight is 224 g/mol. The van der Waals surface area contributed by atoms with E-state index in [0.29, 0.717) is 11.3 Å². The van der Waals surface area contributed by atoms with Crippen molar-refractivity contribution in [2.75, 3.05) is 0 Å². The van der Waals surface area contributed by atoms with Crippen LogP contribution in [0.15, 0.2) is 12.5 Å². The molecular weight excluding hydrogens is 212 g/mol. The molecule has 0 unspecified atom stereocenters. The van der Waals surface area contributed by atoms with E-state index in [1.807, 2.05) is 0 Å². The van der Waals surface area contributed by atoms with Crippen molar-refractivity contribution in [3.8, 4) is 0 Å². The minimum atomic E-state index is -1.03. The van der Waals surface area contributed by atoms with Crippen molar-refractivity contribution in [1.82, 2.24) is 9.97 Å². The Labute approximate surface area is 92.0 Å². The molecule has 16 heavy (non-hydrogen) atoms. The average Bonchev–Trinajstić information content (AvgIpc) is 2.15. The normalized spacial score (nSPS) is 10.4. The van der Waals surface area contributed by atoms with Crippen LogP contribution in [0.3, 0.4) is 0 Å². The highest BCUT2D eigenvalue weighted by atomic mass is 16.4. The zero-order valence-electron chi connectivity index (χ0n) is 8.75. The SMILES string of the molecule is Cc1ncncc1C(CC(=O)O)CC(=O)O. The molecular formula is C10H12N2O4. The molecule has 2 N–H and O–H groups in total. The van der Waals surface area contributed by atoms with E-state index in [2.05, 4.69) is 9.97 Å². The Bertz CT molecular complexity index is 390. The lowest BCUT2D eigenvalue weighted by Crippen LogP contribution is -2.13. The molecule has 6 nitrogen and oxygen atoms in total. The molecule has 1 heterocycles. The predicted octanol–water partition coefficient (Wildman–Crippen LogP) is 0.818. The Morgan fingerprint density at radius 3 is 2.31 bits per heavy atom. The summed E-state index contributed by atoms with van der Waals surface area (Å²) >= 11 is 0. The number of aliphatic carboxylic acids is 2. The Morgan fingerprint density at radius 2 is 1.88 bits per heavy atom. The monoisotopic (exact) mass is 224 g/mol. The van der Waals surface area contributed by atoms with Gasteiger partial charge < -0.3 is 10.2 Å². The molecule has 0 aliphatic rings. The number of rotatable bonds is 5. The highest BCUT2D eigenvalue weighted by Gasteiger charge is 2.21. The molecule has 0 fully saturated rings. The summed E-state index contributed by atoms with van der Waals surface area (Å²) < 4.78 is 0. The van der Waals surface area contributed by atoms with Crippen LogP contribution in [0, 0.1) is 6.92 Å². The Balaban J connectivity index is 2.96. The van der Waals surface area contributed by atoms with E-state index >= 15 is 0 Å². The van der Waals surface area contributed by atoms with Gasteiger partial charge in [0.1, 0.15) is 6.33 Å². The number of carbonyl (C=O) groups is 2. The summed E-state index contributed by atoms with van der Waals surface area (Å²) in [7, 11) is 0. The second kappa shape index (κ2) is 5.20. The van der Waals surface area contributed by atoms with Crippen molar-refractivity contribution in [3.63, 3.8) is 0 Å². The molecule has 0 radical (unpaired) electrons. The van der Waals surface area contributed by atoms with Crippen molar-refractivity contribution in [2.24, 2.45) is 0 Å². The molecule has 0 bridgehead atoms. The maximum Gasteiger partial charge on any atom is 0.303 e. The number of aryl methyl sites for hydroxylation is 1. The topological polar surface area (TPSA) is 100 Å². The van der Waals surface area contributed by atoms with Crippen LogP contribution < -0.4 is 0 Å². The summed E-state index contributed by atoms with van der Waals surface area (Å²) in [6.07, 6.45) is 2.34. The summed E-state index contributed by atoms with van der Waals surface area (Å²) in [4.78, 5) is 29.0. The van der Waals surface area contributed by atoms with E-state index in [4.69, 9.17) is 10.2 Å². The molecule has 86 valence electrons. The van der Waals surface area contributed by atoms with E-state index in [1.54, 1.807) is 6.92 Å². The number of hydrogen-bond donors (Lipinski definition) is 2. The summed E-state index contributed by atoms with van der Waals surface area (Å²) in [6.45, 7) is 1.70. The third-order valence-electron chi connectivity index (χ3n) is 2.23. The van der Waals surface area contributed by atoms with Crippen LogP contribution >= 0.6 is 0 Å². The molecule has 0 amide bonds. The van der Waals surface area contributed by atoms with Gasteiger partial charge in [-0.25, -0.2) is 9.97 Å². The van der Waals surface area contributed by atoms with Crippen LogP contribution in [0.25, 0.3) is 0 Å². The molecule has 1 rings (SSSR count). The van der Waals surface area contributed by atoms with Gasteiger partial charge in [-0.3, -0.25) is 9.59 Å². The molecule has 1 aromatic rings. The Morgan fingerprint density at radius 1 is 1.31 bits per heavy atom. The fraction of sp³-hybridized carbons (Fsp3) is 0.400. The molecule has 1 aromatic heterocycles. The maximum absolute atomic E-state index is 10.6. The van der Waals surface area contributed by atoms with E-state index < -0.39 is 17.9 Å². The van der Waals surface area contributed by atoms with Gasteiger partial charge in [0.2, 0.25) is 0 Å². The van der Waals surface area contributed by atoms with Gasteiger partial charge in [-0.1, -0.05) is 0 Å².